The van der Waals surface area contributed by atoms with Crippen LogP contribution in [-0.4, -0.2) is 27.4 Å². The average molecular weight is 224 g/mol. The maximum Gasteiger partial charge on any atom is 0.343 e. The van der Waals surface area contributed by atoms with Gasteiger partial charge >= 0.3 is 5.69 Å². The quantitative estimate of drug-likeness (QED) is 0.746. The van der Waals surface area contributed by atoms with Crippen molar-refractivity contribution in [3.05, 3.63) is 16.8 Å². The van der Waals surface area contributed by atoms with E-state index in [0.717, 1.165) is 6.54 Å². The molecule has 90 valence electrons. The number of H-pyrrole nitrogens is 1. The Morgan fingerprint density at radius 3 is 2.75 bits per heavy atom. The highest BCUT2D eigenvalue weighted by Crippen LogP contribution is 2.16. The number of aromatic nitrogens is 3. The molecule has 16 heavy (non-hydrogen) atoms. The first-order chi connectivity index (χ1) is 7.86. The van der Waals surface area contributed by atoms with Crippen LogP contribution < -0.4 is 11.0 Å². The Balaban J connectivity index is 1.71. The van der Waals surface area contributed by atoms with Crippen LogP contribution in [0.2, 0.25) is 0 Å². The Morgan fingerprint density at radius 2 is 2.12 bits per heavy atom. The molecule has 1 aromatic rings. The Hall–Kier alpha value is -1.10. The Bertz CT molecular complexity index is 349. The molecule has 5 nitrogen and oxygen atoms in total. The van der Waals surface area contributed by atoms with E-state index < -0.39 is 0 Å². The van der Waals surface area contributed by atoms with Gasteiger partial charge in [0.15, 0.2) is 0 Å². The molecule has 1 saturated carbocycles. The first kappa shape index (κ1) is 11.4. The number of nitrogens with zero attached hydrogens (tertiary/aromatic N) is 2. The van der Waals surface area contributed by atoms with Gasteiger partial charge in [0.05, 0.1) is 0 Å². The largest absolute Gasteiger partial charge is 0.343 e. The van der Waals surface area contributed by atoms with Crippen molar-refractivity contribution in [1.82, 2.24) is 20.1 Å². The van der Waals surface area contributed by atoms with Crippen LogP contribution in [0.15, 0.2) is 11.1 Å². The fourth-order valence-electron chi connectivity index (χ4n) is 2.30. The van der Waals surface area contributed by atoms with Crippen molar-refractivity contribution in [2.45, 2.75) is 51.1 Å². The third kappa shape index (κ3) is 3.20. The van der Waals surface area contributed by atoms with Gasteiger partial charge in [0.2, 0.25) is 0 Å². The van der Waals surface area contributed by atoms with E-state index in [1.165, 1.54) is 38.5 Å². The smallest absolute Gasteiger partial charge is 0.312 e. The number of nitrogens with one attached hydrogen (secondary N) is 2. The summed E-state index contributed by atoms with van der Waals surface area (Å²) in [4.78, 5) is 11.2. The average Bonchev–Trinajstić information content (AvgIpc) is 2.55. The minimum atomic E-state index is -0.123. The van der Waals surface area contributed by atoms with Gasteiger partial charge in [-0.3, -0.25) is 4.57 Å². The monoisotopic (exact) mass is 224 g/mol. The van der Waals surface area contributed by atoms with Crippen LogP contribution in [0.4, 0.5) is 0 Å². The normalized spacial score (nSPS) is 18.5. The molecule has 2 N–H and O–H groups in total. The Kier molecular flexibility index (Phi) is 4.16. The molecule has 0 aliphatic heterocycles. The van der Waals surface area contributed by atoms with E-state index >= 15 is 0 Å². The predicted molar refractivity (Wildman–Crippen MR) is 62.3 cm³/mol. The highest BCUT2D eigenvalue weighted by molar-refractivity contribution is 4.71. The summed E-state index contributed by atoms with van der Waals surface area (Å²) in [5, 5.41) is 9.62. The standard InChI is InChI=1S/C11H20N4O/c16-11-14-13-9-15(11)8-7-12-10-5-3-1-2-4-6-10/h9-10,12H,1-8H2,(H,14,16). The number of aromatic amines is 1. The lowest BCUT2D eigenvalue weighted by atomic mass is 10.1. The summed E-state index contributed by atoms with van der Waals surface area (Å²) in [5.74, 6) is 0. The molecule has 0 saturated heterocycles. The summed E-state index contributed by atoms with van der Waals surface area (Å²) >= 11 is 0. The van der Waals surface area contributed by atoms with Crippen LogP contribution in [0.25, 0.3) is 0 Å². The van der Waals surface area contributed by atoms with Gasteiger partial charge in [0, 0.05) is 19.1 Å². The molecule has 5 heteroatoms. The van der Waals surface area contributed by atoms with E-state index in [9.17, 15) is 4.79 Å². The Morgan fingerprint density at radius 1 is 1.38 bits per heavy atom. The second-order valence-corrected chi connectivity index (χ2v) is 4.50. The Labute approximate surface area is 95.2 Å². The third-order valence-corrected chi connectivity index (χ3v) is 3.26. The fourth-order valence-corrected chi connectivity index (χ4v) is 2.30. The minimum absolute atomic E-state index is 0.123. The lowest BCUT2D eigenvalue weighted by molar-refractivity contribution is 0.443. The number of rotatable bonds is 4. The van der Waals surface area contributed by atoms with Crippen molar-refractivity contribution < 1.29 is 0 Å². The molecule has 0 spiro atoms. The van der Waals surface area contributed by atoms with E-state index in [2.05, 4.69) is 15.5 Å². The zero-order valence-corrected chi connectivity index (χ0v) is 9.61. The van der Waals surface area contributed by atoms with E-state index in [4.69, 9.17) is 0 Å². The van der Waals surface area contributed by atoms with Gasteiger partial charge in [-0.2, -0.15) is 5.10 Å². The van der Waals surface area contributed by atoms with Crippen molar-refractivity contribution >= 4 is 0 Å². The SMILES string of the molecule is O=c1[nH]ncn1CCNC1CCCCCC1. The summed E-state index contributed by atoms with van der Waals surface area (Å²) in [6.07, 6.45) is 9.53. The zero-order valence-electron chi connectivity index (χ0n) is 9.61. The number of hydrogen-bond donors (Lipinski definition) is 2. The zero-order chi connectivity index (χ0) is 11.2. The predicted octanol–water partition coefficient (Wildman–Crippen LogP) is 0.884. The molecule has 1 aliphatic carbocycles. The maximum atomic E-state index is 11.2. The molecular formula is C11H20N4O. The van der Waals surface area contributed by atoms with E-state index in [-0.39, 0.29) is 5.69 Å². The van der Waals surface area contributed by atoms with Crippen molar-refractivity contribution in [1.29, 1.82) is 0 Å². The molecule has 0 atom stereocenters. The van der Waals surface area contributed by atoms with Crippen molar-refractivity contribution in [2.75, 3.05) is 6.54 Å². The summed E-state index contributed by atoms with van der Waals surface area (Å²) < 4.78 is 1.60. The first-order valence-corrected chi connectivity index (χ1v) is 6.19. The summed E-state index contributed by atoms with van der Waals surface area (Å²) in [7, 11) is 0. The third-order valence-electron chi connectivity index (χ3n) is 3.26. The van der Waals surface area contributed by atoms with E-state index in [0.29, 0.717) is 12.6 Å². The van der Waals surface area contributed by atoms with E-state index in [1.54, 1.807) is 10.9 Å². The lowest BCUT2D eigenvalue weighted by Gasteiger charge is -2.15. The van der Waals surface area contributed by atoms with Gasteiger partial charge in [-0.25, -0.2) is 9.89 Å². The lowest BCUT2D eigenvalue weighted by Crippen LogP contribution is -2.33. The molecule has 1 heterocycles. The van der Waals surface area contributed by atoms with Crippen molar-refractivity contribution in [3.63, 3.8) is 0 Å². The first-order valence-electron chi connectivity index (χ1n) is 6.19. The van der Waals surface area contributed by atoms with Crippen molar-refractivity contribution in [2.24, 2.45) is 0 Å². The second-order valence-electron chi connectivity index (χ2n) is 4.50. The van der Waals surface area contributed by atoms with Crippen LogP contribution in [0, 0.1) is 0 Å². The molecule has 0 amide bonds. The number of hydrogen-bond acceptors (Lipinski definition) is 3. The molecule has 1 aromatic heterocycles. The summed E-state index contributed by atoms with van der Waals surface area (Å²) in [5.41, 5.74) is -0.123. The van der Waals surface area contributed by atoms with Gasteiger partial charge in [-0.05, 0) is 12.8 Å². The second kappa shape index (κ2) is 5.84. The molecule has 1 aliphatic rings. The van der Waals surface area contributed by atoms with Crippen LogP contribution >= 0.6 is 0 Å². The highest BCUT2D eigenvalue weighted by Gasteiger charge is 2.10. The molecule has 0 radical (unpaired) electrons. The van der Waals surface area contributed by atoms with Crippen LogP contribution in [0.5, 0.6) is 0 Å². The summed E-state index contributed by atoms with van der Waals surface area (Å²) in [6, 6.07) is 0.644. The molecule has 1 fully saturated rings. The maximum absolute atomic E-state index is 11.2. The van der Waals surface area contributed by atoms with Gasteiger partial charge < -0.3 is 5.32 Å². The molecule has 2 rings (SSSR count). The van der Waals surface area contributed by atoms with Crippen LogP contribution in [0.3, 0.4) is 0 Å². The molecular weight excluding hydrogens is 204 g/mol. The molecule has 0 bridgehead atoms. The van der Waals surface area contributed by atoms with Crippen molar-refractivity contribution in [3.8, 4) is 0 Å². The summed E-state index contributed by atoms with van der Waals surface area (Å²) in [6.45, 7) is 1.55. The molecule has 0 aromatic carbocycles. The van der Waals surface area contributed by atoms with Gasteiger partial charge in [-0.1, -0.05) is 25.7 Å². The highest BCUT2D eigenvalue weighted by atomic mass is 16.1. The van der Waals surface area contributed by atoms with Gasteiger partial charge in [0.1, 0.15) is 6.33 Å². The fraction of sp³-hybridized carbons (Fsp3) is 0.818. The van der Waals surface area contributed by atoms with Crippen LogP contribution in [0.1, 0.15) is 38.5 Å². The minimum Gasteiger partial charge on any atom is -0.312 e. The molecule has 0 unspecified atom stereocenters. The topological polar surface area (TPSA) is 62.7 Å². The van der Waals surface area contributed by atoms with Gasteiger partial charge in [0.25, 0.3) is 0 Å². The van der Waals surface area contributed by atoms with Crippen LogP contribution in [-0.2, 0) is 6.54 Å². The van der Waals surface area contributed by atoms with Gasteiger partial charge in [-0.15, -0.1) is 0 Å². The van der Waals surface area contributed by atoms with E-state index in [1.807, 2.05) is 0 Å².